The van der Waals surface area contributed by atoms with E-state index in [9.17, 15) is 4.79 Å². The van der Waals surface area contributed by atoms with E-state index >= 15 is 0 Å². The molecule has 2 aromatic carbocycles. The van der Waals surface area contributed by atoms with Crippen molar-refractivity contribution in [2.45, 2.75) is 19.4 Å². The Labute approximate surface area is 154 Å². The number of carbonyl (C=O) groups excluding carboxylic acids is 1. The van der Waals surface area contributed by atoms with E-state index in [4.69, 9.17) is 18.9 Å². The van der Waals surface area contributed by atoms with Gasteiger partial charge in [-0.3, -0.25) is 4.79 Å². The molecule has 6 nitrogen and oxygen atoms in total. The molecule has 0 aliphatic heterocycles. The summed E-state index contributed by atoms with van der Waals surface area (Å²) in [5.74, 6) is 2.45. The van der Waals surface area contributed by atoms with Gasteiger partial charge < -0.3 is 24.3 Å². The SMILES string of the molecule is COc1cccc(OC(C)C(=O)NCCc2ccc(OC)c(OC)c2)c1. The molecular formula is C20H25NO5. The molecular weight excluding hydrogens is 334 g/mol. The van der Waals surface area contributed by atoms with Crippen LogP contribution in [0.3, 0.4) is 0 Å². The van der Waals surface area contributed by atoms with E-state index < -0.39 is 6.10 Å². The van der Waals surface area contributed by atoms with Crippen LogP contribution in [0.25, 0.3) is 0 Å². The van der Waals surface area contributed by atoms with Crippen LogP contribution in [-0.4, -0.2) is 39.9 Å². The number of nitrogens with one attached hydrogen (secondary N) is 1. The predicted molar refractivity (Wildman–Crippen MR) is 99.3 cm³/mol. The fraction of sp³-hybridized carbons (Fsp3) is 0.350. The highest BCUT2D eigenvalue weighted by atomic mass is 16.5. The second-order valence-electron chi connectivity index (χ2n) is 5.67. The fourth-order valence-electron chi connectivity index (χ4n) is 2.44. The van der Waals surface area contributed by atoms with E-state index in [2.05, 4.69) is 5.32 Å². The van der Waals surface area contributed by atoms with Crippen LogP contribution in [-0.2, 0) is 11.2 Å². The quantitative estimate of drug-likeness (QED) is 0.746. The number of hydrogen-bond acceptors (Lipinski definition) is 5. The molecule has 0 spiro atoms. The minimum Gasteiger partial charge on any atom is -0.497 e. The number of methoxy groups -OCH3 is 3. The summed E-state index contributed by atoms with van der Waals surface area (Å²) in [4.78, 5) is 12.2. The lowest BCUT2D eigenvalue weighted by atomic mass is 10.1. The smallest absolute Gasteiger partial charge is 0.260 e. The van der Waals surface area contributed by atoms with Crippen LogP contribution in [0.5, 0.6) is 23.0 Å². The van der Waals surface area contributed by atoms with Crippen molar-refractivity contribution in [1.82, 2.24) is 5.32 Å². The van der Waals surface area contributed by atoms with Crippen LogP contribution in [0, 0.1) is 0 Å². The summed E-state index contributed by atoms with van der Waals surface area (Å²) in [6.45, 7) is 2.21. The molecule has 0 saturated carbocycles. The first-order chi connectivity index (χ1) is 12.6. The largest absolute Gasteiger partial charge is 0.497 e. The molecule has 0 heterocycles. The van der Waals surface area contributed by atoms with Crippen molar-refractivity contribution in [3.8, 4) is 23.0 Å². The van der Waals surface area contributed by atoms with E-state index in [1.807, 2.05) is 30.3 Å². The summed E-state index contributed by atoms with van der Waals surface area (Å²) >= 11 is 0. The standard InChI is InChI=1S/C20H25NO5/c1-14(26-17-7-5-6-16(13-17)23-2)20(22)21-11-10-15-8-9-18(24-3)19(12-15)25-4/h5-9,12-14H,10-11H2,1-4H3,(H,21,22). The molecule has 1 atom stereocenters. The van der Waals surface area contributed by atoms with E-state index in [0.29, 0.717) is 36.0 Å². The maximum Gasteiger partial charge on any atom is 0.260 e. The van der Waals surface area contributed by atoms with E-state index in [-0.39, 0.29) is 5.91 Å². The van der Waals surface area contributed by atoms with Gasteiger partial charge in [0.1, 0.15) is 11.5 Å². The number of benzene rings is 2. The predicted octanol–water partition coefficient (Wildman–Crippen LogP) is 2.84. The van der Waals surface area contributed by atoms with Gasteiger partial charge in [-0.25, -0.2) is 0 Å². The van der Waals surface area contributed by atoms with Crippen LogP contribution in [0.2, 0.25) is 0 Å². The molecule has 140 valence electrons. The van der Waals surface area contributed by atoms with Gasteiger partial charge in [0.2, 0.25) is 0 Å². The zero-order valence-corrected chi connectivity index (χ0v) is 15.6. The molecule has 0 fully saturated rings. The third-order valence-corrected chi connectivity index (χ3v) is 3.88. The highest BCUT2D eigenvalue weighted by Crippen LogP contribution is 2.27. The second-order valence-corrected chi connectivity index (χ2v) is 5.67. The van der Waals surface area contributed by atoms with E-state index in [0.717, 1.165) is 5.56 Å². The monoisotopic (exact) mass is 359 g/mol. The molecule has 2 rings (SSSR count). The van der Waals surface area contributed by atoms with Gasteiger partial charge in [-0.1, -0.05) is 12.1 Å². The first-order valence-corrected chi connectivity index (χ1v) is 8.36. The van der Waals surface area contributed by atoms with Crippen molar-refractivity contribution in [3.63, 3.8) is 0 Å². The summed E-state index contributed by atoms with van der Waals surface area (Å²) in [5.41, 5.74) is 1.05. The van der Waals surface area contributed by atoms with Gasteiger partial charge >= 0.3 is 0 Å². The topological polar surface area (TPSA) is 66.0 Å². The second kappa shape index (κ2) is 9.56. The Morgan fingerprint density at radius 3 is 2.38 bits per heavy atom. The van der Waals surface area contributed by atoms with Crippen molar-refractivity contribution in [1.29, 1.82) is 0 Å². The minimum absolute atomic E-state index is 0.173. The Bertz CT molecular complexity index is 732. The molecule has 0 saturated heterocycles. The Hall–Kier alpha value is -2.89. The van der Waals surface area contributed by atoms with Crippen molar-refractivity contribution in [2.24, 2.45) is 0 Å². The summed E-state index contributed by atoms with van der Waals surface area (Å²) in [6, 6.07) is 12.9. The van der Waals surface area contributed by atoms with Gasteiger partial charge in [-0.2, -0.15) is 0 Å². The zero-order chi connectivity index (χ0) is 18.9. The average Bonchev–Trinajstić information content (AvgIpc) is 2.67. The normalized spacial score (nSPS) is 11.4. The molecule has 26 heavy (non-hydrogen) atoms. The maximum atomic E-state index is 12.2. The molecule has 0 bridgehead atoms. The van der Waals surface area contributed by atoms with Gasteiger partial charge in [0.25, 0.3) is 5.91 Å². The van der Waals surface area contributed by atoms with Crippen molar-refractivity contribution >= 4 is 5.91 Å². The van der Waals surface area contributed by atoms with Gasteiger partial charge in [0, 0.05) is 12.6 Å². The highest BCUT2D eigenvalue weighted by Gasteiger charge is 2.14. The molecule has 1 unspecified atom stereocenters. The molecule has 1 amide bonds. The molecule has 0 aromatic heterocycles. The Balaban J connectivity index is 1.84. The van der Waals surface area contributed by atoms with Crippen LogP contribution in [0.1, 0.15) is 12.5 Å². The van der Waals surface area contributed by atoms with E-state index in [1.54, 1.807) is 40.4 Å². The van der Waals surface area contributed by atoms with Crippen LogP contribution in [0.4, 0.5) is 0 Å². The molecule has 6 heteroatoms. The average molecular weight is 359 g/mol. The molecule has 2 aromatic rings. The minimum atomic E-state index is -0.604. The number of amides is 1. The van der Waals surface area contributed by atoms with Crippen LogP contribution < -0.4 is 24.3 Å². The lowest BCUT2D eigenvalue weighted by Crippen LogP contribution is -2.37. The van der Waals surface area contributed by atoms with Gasteiger partial charge in [0.05, 0.1) is 21.3 Å². The van der Waals surface area contributed by atoms with Crippen molar-refractivity contribution in [2.75, 3.05) is 27.9 Å². The van der Waals surface area contributed by atoms with Gasteiger partial charge in [0.15, 0.2) is 17.6 Å². The van der Waals surface area contributed by atoms with Crippen LogP contribution >= 0.6 is 0 Å². The lowest BCUT2D eigenvalue weighted by Gasteiger charge is -2.15. The number of rotatable bonds is 9. The number of carbonyl (C=O) groups is 1. The summed E-state index contributed by atoms with van der Waals surface area (Å²) in [6.07, 6.45) is 0.0744. The van der Waals surface area contributed by atoms with Crippen molar-refractivity contribution < 1.29 is 23.7 Å². The van der Waals surface area contributed by atoms with Crippen LogP contribution in [0.15, 0.2) is 42.5 Å². The van der Waals surface area contributed by atoms with Gasteiger partial charge in [-0.05, 0) is 43.2 Å². The molecule has 1 N–H and O–H groups in total. The highest BCUT2D eigenvalue weighted by molar-refractivity contribution is 5.80. The third-order valence-electron chi connectivity index (χ3n) is 3.88. The number of hydrogen-bond donors (Lipinski definition) is 1. The maximum absolute atomic E-state index is 12.2. The number of ether oxygens (including phenoxy) is 4. The van der Waals surface area contributed by atoms with E-state index in [1.165, 1.54) is 0 Å². The first kappa shape index (κ1) is 19.4. The molecule has 0 aliphatic carbocycles. The summed E-state index contributed by atoms with van der Waals surface area (Å²) < 4.78 is 21.3. The lowest BCUT2D eigenvalue weighted by molar-refractivity contribution is -0.127. The Kier molecular flexibility index (Phi) is 7.14. The summed E-state index contributed by atoms with van der Waals surface area (Å²) in [5, 5.41) is 2.88. The molecule has 0 radical (unpaired) electrons. The molecule has 0 aliphatic rings. The van der Waals surface area contributed by atoms with Gasteiger partial charge in [-0.15, -0.1) is 0 Å². The fourth-order valence-corrected chi connectivity index (χ4v) is 2.44. The third kappa shape index (κ3) is 5.31. The first-order valence-electron chi connectivity index (χ1n) is 8.36. The zero-order valence-electron chi connectivity index (χ0n) is 15.6. The Morgan fingerprint density at radius 2 is 1.69 bits per heavy atom. The van der Waals surface area contributed by atoms with Crippen molar-refractivity contribution in [3.05, 3.63) is 48.0 Å². The Morgan fingerprint density at radius 1 is 0.962 bits per heavy atom. The summed E-state index contributed by atoms with van der Waals surface area (Å²) in [7, 11) is 4.78.